The fourth-order valence-electron chi connectivity index (χ4n) is 8.43. The lowest BCUT2D eigenvalue weighted by Gasteiger charge is -2.28. The highest BCUT2D eigenvalue weighted by atomic mass is 31.2. The SMILES string of the molecule is CCCCCCCC/C=C\CCCCCCCCCCCCOCC(COP(=O)([O-])OCC[N+](C)(C)C)OC(=O)CCCCCCCCCCCCCCCCCCCCCCCCC. The van der Waals surface area contributed by atoms with Crippen molar-refractivity contribution in [1.82, 2.24) is 0 Å². The van der Waals surface area contributed by atoms with E-state index in [0.717, 1.165) is 32.1 Å². The summed E-state index contributed by atoms with van der Waals surface area (Å²) in [6, 6.07) is 0. The number of quaternary nitrogens is 1. The minimum atomic E-state index is -4.53. The number of unbranched alkanes of at least 4 members (excludes halogenated alkanes) is 38. The molecule has 0 aromatic heterocycles. The van der Waals surface area contributed by atoms with E-state index in [1.54, 1.807) is 0 Å². The molecule has 0 N–H and O–H groups in total. The molecule has 0 saturated heterocycles. The number of phosphoric acid groups is 1. The molecule has 0 aliphatic rings. The van der Waals surface area contributed by atoms with Crippen LogP contribution in [0.5, 0.6) is 0 Å². The Balaban J connectivity index is 4.04. The Morgan fingerprint density at radius 1 is 0.462 bits per heavy atom. The second-order valence-corrected chi connectivity index (χ2v) is 22.1. The molecule has 8 nitrogen and oxygen atoms in total. The zero-order valence-electron chi connectivity index (χ0n) is 44.2. The minimum absolute atomic E-state index is 0.0298. The number of ether oxygens (including phenoxy) is 2. The van der Waals surface area contributed by atoms with Crippen LogP contribution >= 0.6 is 7.82 Å². The number of likely N-dealkylation sites (N-methyl/N-ethyl adjacent to an activating group) is 1. The first-order valence-corrected chi connectivity index (χ1v) is 29.9. The van der Waals surface area contributed by atoms with E-state index >= 15 is 0 Å². The third-order valence-electron chi connectivity index (χ3n) is 12.8. The lowest BCUT2D eigenvalue weighted by Crippen LogP contribution is -2.37. The van der Waals surface area contributed by atoms with Crippen molar-refractivity contribution >= 4 is 13.8 Å². The Labute approximate surface area is 405 Å². The van der Waals surface area contributed by atoms with E-state index in [0.29, 0.717) is 24.1 Å². The molecular formula is C56H112NO7P. The zero-order valence-corrected chi connectivity index (χ0v) is 45.1. The largest absolute Gasteiger partial charge is 0.756 e. The van der Waals surface area contributed by atoms with Gasteiger partial charge in [-0.3, -0.25) is 9.36 Å². The van der Waals surface area contributed by atoms with Gasteiger partial charge in [-0.1, -0.05) is 251 Å². The Morgan fingerprint density at radius 2 is 0.800 bits per heavy atom. The molecule has 0 aromatic rings. The lowest BCUT2D eigenvalue weighted by molar-refractivity contribution is -0.870. The summed E-state index contributed by atoms with van der Waals surface area (Å²) in [5, 5.41) is 0. The van der Waals surface area contributed by atoms with E-state index in [-0.39, 0.29) is 25.8 Å². The van der Waals surface area contributed by atoms with Crippen molar-refractivity contribution < 1.29 is 37.3 Å². The van der Waals surface area contributed by atoms with Crippen molar-refractivity contribution in [2.75, 3.05) is 54.1 Å². The quantitative estimate of drug-likeness (QED) is 0.0197. The van der Waals surface area contributed by atoms with Gasteiger partial charge in [-0.2, -0.15) is 0 Å². The summed E-state index contributed by atoms with van der Waals surface area (Å²) < 4.78 is 34.8. The van der Waals surface area contributed by atoms with Gasteiger partial charge in [0, 0.05) is 13.0 Å². The van der Waals surface area contributed by atoms with E-state index in [4.69, 9.17) is 18.5 Å². The van der Waals surface area contributed by atoms with Gasteiger partial charge in [0.15, 0.2) is 0 Å². The van der Waals surface area contributed by atoms with E-state index in [9.17, 15) is 14.3 Å². The number of esters is 1. The first kappa shape index (κ1) is 64.2. The second-order valence-electron chi connectivity index (χ2n) is 20.7. The van der Waals surface area contributed by atoms with Gasteiger partial charge in [0.2, 0.25) is 0 Å². The first-order chi connectivity index (χ1) is 31.6. The van der Waals surface area contributed by atoms with Crippen LogP contribution in [0.4, 0.5) is 0 Å². The number of allylic oxidation sites excluding steroid dienone is 2. The topological polar surface area (TPSA) is 94.1 Å². The van der Waals surface area contributed by atoms with E-state index in [1.807, 2.05) is 21.1 Å². The van der Waals surface area contributed by atoms with Crippen LogP contribution in [-0.4, -0.2) is 70.7 Å². The standard InChI is InChI=1S/C56H112NO7P/c1-6-8-10-12-14-16-18-20-22-24-26-28-29-30-31-33-35-37-39-41-43-45-47-49-56(58)64-55(54-63-65(59,60)62-52-50-57(3,4)5)53-61-51-48-46-44-42-40-38-36-34-32-27-25-23-21-19-17-15-13-11-9-7-2/h21,23,55H,6-20,22,24-54H2,1-5H3/b23-21-. The molecule has 2 atom stereocenters. The lowest BCUT2D eigenvalue weighted by atomic mass is 10.0. The van der Waals surface area contributed by atoms with Crippen LogP contribution in [0, 0.1) is 0 Å². The average molecular weight is 942 g/mol. The number of carbonyl (C=O) groups excluding carboxylic acids is 1. The molecule has 2 unspecified atom stereocenters. The molecule has 0 bridgehead atoms. The number of hydrogen-bond donors (Lipinski definition) is 0. The third-order valence-corrected chi connectivity index (χ3v) is 13.8. The predicted octanol–water partition coefficient (Wildman–Crippen LogP) is 17.1. The van der Waals surface area contributed by atoms with E-state index in [1.165, 1.54) is 231 Å². The summed E-state index contributed by atoms with van der Waals surface area (Å²) >= 11 is 0. The Kier molecular flexibility index (Phi) is 49.1. The number of rotatable bonds is 54. The molecule has 0 amide bonds. The number of hydrogen-bond acceptors (Lipinski definition) is 7. The third kappa shape index (κ3) is 54.1. The predicted molar refractivity (Wildman–Crippen MR) is 278 cm³/mol. The molecule has 0 saturated carbocycles. The van der Waals surface area contributed by atoms with Gasteiger partial charge in [-0.15, -0.1) is 0 Å². The molecule has 0 spiro atoms. The fourth-order valence-corrected chi connectivity index (χ4v) is 9.16. The highest BCUT2D eigenvalue weighted by Crippen LogP contribution is 2.38. The van der Waals surface area contributed by atoms with Gasteiger partial charge in [0.25, 0.3) is 7.82 Å². The Morgan fingerprint density at radius 3 is 1.17 bits per heavy atom. The van der Waals surface area contributed by atoms with Crippen LogP contribution in [0.2, 0.25) is 0 Å². The fraction of sp³-hybridized carbons (Fsp3) is 0.946. The molecule has 0 fully saturated rings. The molecule has 388 valence electrons. The van der Waals surface area contributed by atoms with Crippen LogP contribution in [0.1, 0.15) is 284 Å². The maximum Gasteiger partial charge on any atom is 0.306 e. The van der Waals surface area contributed by atoms with Crippen LogP contribution < -0.4 is 4.89 Å². The zero-order chi connectivity index (χ0) is 47.6. The summed E-state index contributed by atoms with van der Waals surface area (Å²) in [4.78, 5) is 25.2. The molecule has 0 aliphatic heterocycles. The molecule has 0 aliphatic carbocycles. The molecule has 65 heavy (non-hydrogen) atoms. The van der Waals surface area contributed by atoms with Crippen LogP contribution in [0.25, 0.3) is 0 Å². The van der Waals surface area contributed by atoms with Gasteiger partial charge in [-0.25, -0.2) is 0 Å². The van der Waals surface area contributed by atoms with Gasteiger partial charge >= 0.3 is 5.97 Å². The maximum atomic E-state index is 12.8. The smallest absolute Gasteiger partial charge is 0.306 e. The average Bonchev–Trinajstić information content (AvgIpc) is 3.27. The number of phosphoric ester groups is 1. The summed E-state index contributed by atoms with van der Waals surface area (Å²) in [6.07, 6.45) is 58.2. The van der Waals surface area contributed by atoms with Crippen molar-refractivity contribution in [2.24, 2.45) is 0 Å². The van der Waals surface area contributed by atoms with Crippen LogP contribution in [0.3, 0.4) is 0 Å². The van der Waals surface area contributed by atoms with Gasteiger partial charge in [0.05, 0.1) is 34.4 Å². The summed E-state index contributed by atoms with van der Waals surface area (Å²) in [7, 11) is 1.37. The molecule has 0 radical (unpaired) electrons. The monoisotopic (exact) mass is 942 g/mol. The molecule has 0 rings (SSSR count). The second kappa shape index (κ2) is 49.7. The maximum absolute atomic E-state index is 12.8. The highest BCUT2D eigenvalue weighted by molar-refractivity contribution is 7.45. The Hall–Kier alpha value is -0.760. The number of nitrogens with zero attached hydrogens (tertiary/aromatic N) is 1. The summed E-state index contributed by atoms with van der Waals surface area (Å²) in [5.41, 5.74) is 0. The van der Waals surface area contributed by atoms with Crippen molar-refractivity contribution in [2.45, 2.75) is 290 Å². The molecule has 0 heterocycles. The minimum Gasteiger partial charge on any atom is -0.756 e. The van der Waals surface area contributed by atoms with Gasteiger partial charge in [-0.05, 0) is 38.5 Å². The number of carbonyl (C=O) groups is 1. The molecule has 0 aromatic carbocycles. The van der Waals surface area contributed by atoms with Crippen molar-refractivity contribution in [3.63, 3.8) is 0 Å². The van der Waals surface area contributed by atoms with E-state index in [2.05, 4.69) is 26.0 Å². The molecular weight excluding hydrogens is 830 g/mol. The summed E-state index contributed by atoms with van der Waals surface area (Å²) in [6.45, 7) is 5.48. The van der Waals surface area contributed by atoms with Crippen LogP contribution in [0.15, 0.2) is 12.2 Å². The summed E-state index contributed by atoms with van der Waals surface area (Å²) in [5.74, 6) is -0.326. The molecule has 9 heteroatoms. The van der Waals surface area contributed by atoms with Crippen LogP contribution in [-0.2, 0) is 27.9 Å². The van der Waals surface area contributed by atoms with E-state index < -0.39 is 13.9 Å². The normalized spacial score (nSPS) is 13.5. The van der Waals surface area contributed by atoms with Gasteiger partial charge < -0.3 is 27.9 Å². The van der Waals surface area contributed by atoms with Gasteiger partial charge in [0.1, 0.15) is 19.3 Å². The Bertz CT molecular complexity index is 1050. The highest BCUT2D eigenvalue weighted by Gasteiger charge is 2.20. The van der Waals surface area contributed by atoms with Crippen molar-refractivity contribution in [3.8, 4) is 0 Å². The van der Waals surface area contributed by atoms with Crippen molar-refractivity contribution in [1.29, 1.82) is 0 Å². The van der Waals surface area contributed by atoms with Crippen molar-refractivity contribution in [3.05, 3.63) is 12.2 Å². The first-order valence-electron chi connectivity index (χ1n) is 28.4.